The molecule has 0 spiro atoms. The van der Waals surface area contributed by atoms with E-state index in [2.05, 4.69) is 95.4 Å². The van der Waals surface area contributed by atoms with Gasteiger partial charge in [0.25, 0.3) is 0 Å². The molecule has 0 unspecified atom stereocenters. The lowest BCUT2D eigenvalue weighted by Crippen LogP contribution is -2.82. The van der Waals surface area contributed by atoms with Crippen LogP contribution in [0, 0.1) is 5.92 Å². The Bertz CT molecular complexity index is 705. The SMILES string of the molecule is CC(C)CC[C@H](CC[NH2+]Cc1ccc(OC(C)C)cc1)c1ccc(OC(C)C)cc1. The maximum Gasteiger partial charge on any atom is 0.119 e. The quantitative estimate of drug-likeness (QED) is 0.414. The first-order valence-electron chi connectivity index (χ1n) is 11.7. The normalized spacial score (nSPS) is 12.6. The second kappa shape index (κ2) is 12.6. The second-order valence-electron chi connectivity index (χ2n) is 9.28. The van der Waals surface area contributed by atoms with Crippen LogP contribution < -0.4 is 14.8 Å². The number of hydrogen-bond acceptors (Lipinski definition) is 2. The molecule has 0 aliphatic heterocycles. The summed E-state index contributed by atoms with van der Waals surface area (Å²) in [7, 11) is 0. The average Bonchev–Trinajstić information content (AvgIpc) is 2.68. The lowest BCUT2D eigenvalue weighted by Gasteiger charge is -2.19. The van der Waals surface area contributed by atoms with Crippen molar-refractivity contribution in [3.05, 3.63) is 59.7 Å². The highest BCUT2D eigenvalue weighted by atomic mass is 16.5. The molecular formula is C27H42NO2+. The molecule has 0 aromatic heterocycles. The molecule has 0 bridgehead atoms. The van der Waals surface area contributed by atoms with Gasteiger partial charge < -0.3 is 14.8 Å². The third-order valence-corrected chi connectivity index (χ3v) is 5.21. The van der Waals surface area contributed by atoms with E-state index in [9.17, 15) is 0 Å². The lowest BCUT2D eigenvalue weighted by molar-refractivity contribution is -0.671. The summed E-state index contributed by atoms with van der Waals surface area (Å²) in [6, 6.07) is 17.3. The molecule has 0 saturated heterocycles. The van der Waals surface area contributed by atoms with Crippen LogP contribution in [0.5, 0.6) is 11.5 Å². The van der Waals surface area contributed by atoms with Gasteiger partial charge in [-0.2, -0.15) is 0 Å². The van der Waals surface area contributed by atoms with Gasteiger partial charge >= 0.3 is 0 Å². The molecule has 3 heteroatoms. The van der Waals surface area contributed by atoms with Crippen LogP contribution in [0.3, 0.4) is 0 Å². The van der Waals surface area contributed by atoms with Gasteiger partial charge in [-0.25, -0.2) is 0 Å². The van der Waals surface area contributed by atoms with E-state index >= 15 is 0 Å². The molecule has 2 aromatic rings. The molecule has 1 atom stereocenters. The van der Waals surface area contributed by atoms with Crippen LogP contribution in [0.1, 0.15) is 77.8 Å². The van der Waals surface area contributed by atoms with Crippen molar-refractivity contribution in [2.45, 2.75) is 85.5 Å². The average molecular weight is 413 g/mol. The molecule has 2 rings (SSSR count). The minimum atomic E-state index is 0.216. The van der Waals surface area contributed by atoms with E-state index < -0.39 is 0 Å². The fourth-order valence-electron chi connectivity index (χ4n) is 3.67. The third kappa shape index (κ3) is 9.21. The van der Waals surface area contributed by atoms with E-state index in [-0.39, 0.29) is 12.2 Å². The highest BCUT2D eigenvalue weighted by molar-refractivity contribution is 5.30. The minimum Gasteiger partial charge on any atom is -0.491 e. The first-order chi connectivity index (χ1) is 14.3. The first-order valence-corrected chi connectivity index (χ1v) is 11.7. The Hall–Kier alpha value is -2.00. The third-order valence-electron chi connectivity index (χ3n) is 5.21. The maximum atomic E-state index is 5.81. The number of benzene rings is 2. The first kappa shape index (κ1) is 24.3. The van der Waals surface area contributed by atoms with Gasteiger partial charge in [-0.3, -0.25) is 0 Å². The predicted octanol–water partition coefficient (Wildman–Crippen LogP) is 5.93. The molecule has 3 nitrogen and oxygen atoms in total. The number of ether oxygens (including phenoxy) is 2. The van der Waals surface area contributed by atoms with E-state index in [0.29, 0.717) is 5.92 Å². The maximum absolute atomic E-state index is 5.81. The fraction of sp³-hybridized carbons (Fsp3) is 0.556. The van der Waals surface area contributed by atoms with Crippen molar-refractivity contribution in [1.82, 2.24) is 0 Å². The van der Waals surface area contributed by atoms with E-state index in [0.717, 1.165) is 30.5 Å². The number of rotatable bonds is 13. The highest BCUT2D eigenvalue weighted by Gasteiger charge is 2.14. The Labute approximate surface area is 184 Å². The number of nitrogens with two attached hydrogens (primary N) is 1. The standard InChI is InChI=1S/C27H41NO2/c1-20(2)7-10-25(24-11-15-27(16-12-24)30-22(5)6)17-18-28-19-23-8-13-26(14-9-23)29-21(3)4/h8-9,11-16,20-22,25,28H,7,10,17-19H2,1-6H3/p+1/t25-/m1/s1. The fourth-order valence-corrected chi connectivity index (χ4v) is 3.67. The van der Waals surface area contributed by atoms with Gasteiger partial charge in [0.05, 0.1) is 18.8 Å². The lowest BCUT2D eigenvalue weighted by atomic mass is 9.88. The monoisotopic (exact) mass is 412 g/mol. The van der Waals surface area contributed by atoms with Crippen LogP contribution in [0.2, 0.25) is 0 Å². The van der Waals surface area contributed by atoms with Crippen LogP contribution in [0.25, 0.3) is 0 Å². The van der Waals surface area contributed by atoms with Crippen LogP contribution in [0.4, 0.5) is 0 Å². The molecule has 0 aliphatic rings. The van der Waals surface area contributed by atoms with Gasteiger partial charge in [0.1, 0.15) is 18.0 Å². The Morgan fingerprint density at radius 3 is 1.70 bits per heavy atom. The van der Waals surface area contributed by atoms with Crippen LogP contribution in [-0.4, -0.2) is 18.8 Å². The minimum absolute atomic E-state index is 0.216. The van der Waals surface area contributed by atoms with E-state index in [4.69, 9.17) is 9.47 Å². The molecule has 0 heterocycles. The summed E-state index contributed by atoms with van der Waals surface area (Å²) in [5, 5.41) is 2.43. The van der Waals surface area contributed by atoms with Crippen LogP contribution in [-0.2, 0) is 6.54 Å². The summed E-state index contributed by atoms with van der Waals surface area (Å²) in [5.74, 6) is 3.27. The molecule has 0 saturated carbocycles. The highest BCUT2D eigenvalue weighted by Crippen LogP contribution is 2.28. The summed E-state index contributed by atoms with van der Waals surface area (Å²) < 4.78 is 11.5. The predicted molar refractivity (Wildman–Crippen MR) is 126 cm³/mol. The molecular weight excluding hydrogens is 370 g/mol. The zero-order chi connectivity index (χ0) is 21.9. The van der Waals surface area contributed by atoms with Gasteiger partial charge in [-0.15, -0.1) is 0 Å². The molecule has 0 fully saturated rings. The van der Waals surface area contributed by atoms with Gasteiger partial charge in [0, 0.05) is 12.0 Å². The van der Waals surface area contributed by atoms with Gasteiger partial charge in [-0.1, -0.05) is 32.4 Å². The number of quaternary nitrogens is 1. The summed E-state index contributed by atoms with van der Waals surface area (Å²) in [6.07, 6.45) is 4.15. The molecule has 2 aromatic carbocycles. The van der Waals surface area contributed by atoms with Crippen molar-refractivity contribution in [3.63, 3.8) is 0 Å². The Kier molecular flexibility index (Phi) is 10.2. The van der Waals surface area contributed by atoms with Crippen molar-refractivity contribution in [2.75, 3.05) is 6.54 Å². The topological polar surface area (TPSA) is 35.1 Å². The van der Waals surface area contributed by atoms with Crippen LogP contribution >= 0.6 is 0 Å². The van der Waals surface area contributed by atoms with Crippen molar-refractivity contribution < 1.29 is 14.8 Å². The van der Waals surface area contributed by atoms with Crippen LogP contribution in [0.15, 0.2) is 48.5 Å². The van der Waals surface area contributed by atoms with Gasteiger partial charge in [0.2, 0.25) is 0 Å². The van der Waals surface area contributed by atoms with Crippen molar-refractivity contribution >= 4 is 0 Å². The molecule has 0 radical (unpaired) electrons. The van der Waals surface area contributed by atoms with Crippen molar-refractivity contribution in [2.24, 2.45) is 5.92 Å². The molecule has 30 heavy (non-hydrogen) atoms. The number of hydrogen-bond donors (Lipinski definition) is 1. The molecule has 166 valence electrons. The summed E-state index contributed by atoms with van der Waals surface area (Å²) in [5.41, 5.74) is 2.79. The molecule has 2 N–H and O–H groups in total. The zero-order valence-electron chi connectivity index (χ0n) is 19.9. The second-order valence-corrected chi connectivity index (χ2v) is 9.28. The largest absolute Gasteiger partial charge is 0.491 e. The summed E-state index contributed by atoms with van der Waals surface area (Å²) in [4.78, 5) is 0. The summed E-state index contributed by atoms with van der Waals surface area (Å²) >= 11 is 0. The molecule has 0 amide bonds. The van der Waals surface area contributed by atoms with E-state index in [1.54, 1.807) is 0 Å². The smallest absolute Gasteiger partial charge is 0.119 e. The zero-order valence-corrected chi connectivity index (χ0v) is 19.9. The van der Waals surface area contributed by atoms with E-state index in [1.165, 1.54) is 30.4 Å². The van der Waals surface area contributed by atoms with E-state index in [1.807, 2.05) is 0 Å². The Balaban J connectivity index is 1.86. The van der Waals surface area contributed by atoms with Gasteiger partial charge in [-0.05, 0) is 87.9 Å². The Morgan fingerprint density at radius 2 is 1.20 bits per heavy atom. The Morgan fingerprint density at radius 1 is 0.667 bits per heavy atom. The summed E-state index contributed by atoms with van der Waals surface area (Å²) in [6.45, 7) is 15.0. The molecule has 0 aliphatic carbocycles. The van der Waals surface area contributed by atoms with Crippen molar-refractivity contribution in [1.29, 1.82) is 0 Å². The van der Waals surface area contributed by atoms with Crippen molar-refractivity contribution in [3.8, 4) is 11.5 Å². The van der Waals surface area contributed by atoms with Gasteiger partial charge in [0.15, 0.2) is 0 Å².